The molecule has 2 aromatic heterocycles. The van der Waals surface area contributed by atoms with Gasteiger partial charge in [0, 0.05) is 11.4 Å². The van der Waals surface area contributed by atoms with Crippen LogP contribution in [0.3, 0.4) is 0 Å². The zero-order valence-electron chi connectivity index (χ0n) is 7.70. The normalized spacial score (nSPS) is 10.6. The van der Waals surface area contributed by atoms with E-state index in [1.54, 1.807) is 6.20 Å². The van der Waals surface area contributed by atoms with Crippen LogP contribution in [0.1, 0.15) is 11.4 Å². The Morgan fingerprint density at radius 3 is 2.38 bits per heavy atom. The Bertz CT molecular complexity index is 405. The number of H-pyrrole nitrogens is 1. The summed E-state index contributed by atoms with van der Waals surface area (Å²) < 4.78 is 2.07. The Hall–Kier alpha value is -1.71. The largest absolute Gasteiger partial charge is 0.369 e. The van der Waals surface area contributed by atoms with Crippen molar-refractivity contribution in [2.45, 2.75) is 13.8 Å². The highest BCUT2D eigenvalue weighted by molar-refractivity contribution is 5.34. The molecule has 0 aliphatic rings. The number of rotatable bonds is 1. The highest BCUT2D eigenvalue weighted by Crippen LogP contribution is 2.14. The van der Waals surface area contributed by atoms with Crippen LogP contribution in [-0.4, -0.2) is 14.5 Å². The number of aromatic nitrogens is 3. The van der Waals surface area contributed by atoms with Gasteiger partial charge in [0.1, 0.15) is 5.82 Å². The van der Waals surface area contributed by atoms with Crippen LogP contribution in [0.25, 0.3) is 5.82 Å². The average Bonchev–Trinajstić information content (AvgIpc) is 2.60. The van der Waals surface area contributed by atoms with Crippen molar-refractivity contribution in [1.29, 1.82) is 0 Å². The number of anilines is 1. The van der Waals surface area contributed by atoms with Gasteiger partial charge in [-0.1, -0.05) is 0 Å². The van der Waals surface area contributed by atoms with Crippen molar-refractivity contribution < 1.29 is 0 Å². The van der Waals surface area contributed by atoms with Gasteiger partial charge in [-0.05, 0) is 26.0 Å². The number of imidazole rings is 1. The van der Waals surface area contributed by atoms with Crippen LogP contribution in [0, 0.1) is 13.8 Å². The second-order valence-corrected chi connectivity index (χ2v) is 3.11. The molecule has 0 amide bonds. The SMILES string of the molecule is Cc1ccc(C)n1-c1cnc(N)[nH]1. The zero-order valence-corrected chi connectivity index (χ0v) is 7.70. The third-order valence-corrected chi connectivity index (χ3v) is 2.09. The van der Waals surface area contributed by atoms with E-state index >= 15 is 0 Å². The first-order chi connectivity index (χ1) is 6.18. The van der Waals surface area contributed by atoms with Gasteiger partial charge < -0.3 is 15.3 Å². The van der Waals surface area contributed by atoms with Gasteiger partial charge in [0.15, 0.2) is 5.95 Å². The summed E-state index contributed by atoms with van der Waals surface area (Å²) in [5, 5.41) is 0. The molecule has 2 heterocycles. The van der Waals surface area contributed by atoms with Gasteiger partial charge in [-0.25, -0.2) is 4.98 Å². The van der Waals surface area contributed by atoms with Gasteiger partial charge >= 0.3 is 0 Å². The molecule has 68 valence electrons. The van der Waals surface area contributed by atoms with Crippen LogP contribution in [-0.2, 0) is 0 Å². The summed E-state index contributed by atoms with van der Waals surface area (Å²) in [6.07, 6.45) is 1.73. The van der Waals surface area contributed by atoms with Crippen LogP contribution >= 0.6 is 0 Å². The molecule has 4 heteroatoms. The second-order valence-electron chi connectivity index (χ2n) is 3.11. The topological polar surface area (TPSA) is 59.6 Å². The number of nitrogens with one attached hydrogen (secondary N) is 1. The van der Waals surface area contributed by atoms with Crippen molar-refractivity contribution in [3.05, 3.63) is 29.7 Å². The molecule has 0 unspecified atom stereocenters. The number of aromatic amines is 1. The molecule has 0 aliphatic heterocycles. The Kier molecular flexibility index (Phi) is 1.62. The van der Waals surface area contributed by atoms with Crippen molar-refractivity contribution in [2.75, 3.05) is 5.73 Å². The fourth-order valence-electron chi connectivity index (χ4n) is 1.49. The summed E-state index contributed by atoms with van der Waals surface area (Å²) in [7, 11) is 0. The summed E-state index contributed by atoms with van der Waals surface area (Å²) >= 11 is 0. The number of nitrogens with two attached hydrogens (primary N) is 1. The van der Waals surface area contributed by atoms with Gasteiger partial charge in [0.25, 0.3) is 0 Å². The van der Waals surface area contributed by atoms with Crippen LogP contribution in [0.4, 0.5) is 5.95 Å². The van der Waals surface area contributed by atoms with E-state index in [9.17, 15) is 0 Å². The molecular weight excluding hydrogens is 164 g/mol. The molecule has 0 aromatic carbocycles. The molecule has 0 atom stereocenters. The molecule has 0 aliphatic carbocycles. The number of hydrogen-bond acceptors (Lipinski definition) is 2. The van der Waals surface area contributed by atoms with E-state index < -0.39 is 0 Å². The molecule has 0 radical (unpaired) electrons. The van der Waals surface area contributed by atoms with E-state index in [0.717, 1.165) is 5.82 Å². The van der Waals surface area contributed by atoms with Crippen molar-refractivity contribution in [3.8, 4) is 5.82 Å². The van der Waals surface area contributed by atoms with Crippen LogP contribution in [0.15, 0.2) is 18.3 Å². The van der Waals surface area contributed by atoms with E-state index in [4.69, 9.17) is 5.73 Å². The van der Waals surface area contributed by atoms with Crippen LogP contribution < -0.4 is 5.73 Å². The first-order valence-electron chi connectivity index (χ1n) is 4.14. The standard InChI is InChI=1S/C9H12N4/c1-6-3-4-7(2)13(6)8-5-11-9(10)12-8/h3-5H,1-2H3,(H3,10,11,12). The number of aryl methyl sites for hydroxylation is 2. The average molecular weight is 176 g/mol. The first-order valence-corrected chi connectivity index (χ1v) is 4.14. The molecule has 0 bridgehead atoms. The predicted molar refractivity (Wildman–Crippen MR) is 51.8 cm³/mol. The highest BCUT2D eigenvalue weighted by Gasteiger charge is 2.05. The fraction of sp³-hybridized carbons (Fsp3) is 0.222. The molecule has 2 aromatic rings. The molecule has 0 saturated heterocycles. The van der Waals surface area contributed by atoms with Gasteiger partial charge in [0.2, 0.25) is 0 Å². The van der Waals surface area contributed by atoms with Crippen LogP contribution in [0.5, 0.6) is 0 Å². The maximum absolute atomic E-state index is 5.50. The van der Waals surface area contributed by atoms with E-state index in [2.05, 4.69) is 26.7 Å². The molecule has 0 spiro atoms. The monoisotopic (exact) mass is 176 g/mol. The minimum absolute atomic E-state index is 0.447. The molecule has 4 nitrogen and oxygen atoms in total. The van der Waals surface area contributed by atoms with Crippen molar-refractivity contribution in [1.82, 2.24) is 14.5 Å². The van der Waals surface area contributed by atoms with Gasteiger partial charge in [-0.3, -0.25) is 0 Å². The quantitative estimate of drug-likeness (QED) is 0.690. The van der Waals surface area contributed by atoms with E-state index in [1.807, 2.05) is 13.8 Å². The lowest BCUT2D eigenvalue weighted by Crippen LogP contribution is -1.99. The maximum atomic E-state index is 5.50. The highest BCUT2D eigenvalue weighted by atomic mass is 15.1. The summed E-state index contributed by atoms with van der Waals surface area (Å²) in [6, 6.07) is 4.12. The van der Waals surface area contributed by atoms with Gasteiger partial charge in [-0.15, -0.1) is 0 Å². The Morgan fingerprint density at radius 2 is 1.92 bits per heavy atom. The lowest BCUT2D eigenvalue weighted by atomic mass is 10.5. The summed E-state index contributed by atoms with van der Waals surface area (Å²) in [6.45, 7) is 4.09. The fourth-order valence-corrected chi connectivity index (χ4v) is 1.49. The lowest BCUT2D eigenvalue weighted by Gasteiger charge is -2.04. The molecule has 13 heavy (non-hydrogen) atoms. The molecular formula is C9H12N4. The van der Waals surface area contributed by atoms with Gasteiger partial charge in [0.05, 0.1) is 6.20 Å². The van der Waals surface area contributed by atoms with Crippen molar-refractivity contribution >= 4 is 5.95 Å². The van der Waals surface area contributed by atoms with Crippen molar-refractivity contribution in [3.63, 3.8) is 0 Å². The number of nitrogens with zero attached hydrogens (tertiary/aromatic N) is 2. The van der Waals surface area contributed by atoms with Crippen LogP contribution in [0.2, 0.25) is 0 Å². The molecule has 3 N–H and O–H groups in total. The third-order valence-electron chi connectivity index (χ3n) is 2.09. The van der Waals surface area contributed by atoms with E-state index in [-0.39, 0.29) is 0 Å². The predicted octanol–water partition coefficient (Wildman–Crippen LogP) is 1.40. The van der Waals surface area contributed by atoms with Gasteiger partial charge in [-0.2, -0.15) is 0 Å². The minimum Gasteiger partial charge on any atom is -0.369 e. The third kappa shape index (κ3) is 1.20. The second kappa shape index (κ2) is 2.65. The Morgan fingerprint density at radius 1 is 1.31 bits per heavy atom. The Labute approximate surface area is 76.4 Å². The maximum Gasteiger partial charge on any atom is 0.199 e. The zero-order chi connectivity index (χ0) is 9.42. The molecule has 0 fully saturated rings. The van der Waals surface area contributed by atoms with E-state index in [1.165, 1.54) is 11.4 Å². The Balaban J connectivity index is 2.57. The van der Waals surface area contributed by atoms with Crippen molar-refractivity contribution in [2.24, 2.45) is 0 Å². The van der Waals surface area contributed by atoms with E-state index in [0.29, 0.717) is 5.95 Å². The molecule has 0 saturated carbocycles. The summed E-state index contributed by atoms with van der Waals surface area (Å²) in [4.78, 5) is 6.95. The minimum atomic E-state index is 0.447. The summed E-state index contributed by atoms with van der Waals surface area (Å²) in [5.74, 6) is 1.36. The molecule has 2 rings (SSSR count). The number of nitrogen functional groups attached to an aromatic ring is 1. The summed E-state index contributed by atoms with van der Waals surface area (Å²) in [5.41, 5.74) is 7.84. The smallest absolute Gasteiger partial charge is 0.199 e. The lowest BCUT2D eigenvalue weighted by molar-refractivity contribution is 0.934. The first kappa shape index (κ1) is 7.91. The number of hydrogen-bond donors (Lipinski definition) is 2.